The number of hydroxylamine groups is 2. The normalized spacial score (nSPS) is 13.7. The Morgan fingerprint density at radius 2 is 1.62 bits per heavy atom. The quantitative estimate of drug-likeness (QED) is 0.119. The molecule has 0 N–H and O–H groups in total. The van der Waals surface area contributed by atoms with Crippen LogP contribution in [0.1, 0.15) is 72.5 Å². The van der Waals surface area contributed by atoms with Crippen LogP contribution in [0.25, 0.3) is 33.4 Å². The maximum atomic E-state index is 13.9. The Balaban J connectivity index is 1.37. The number of nitrogens with zero attached hydrogens (tertiary/aromatic N) is 3. The molecule has 3 amide bonds. The first-order valence-corrected chi connectivity index (χ1v) is 15.5. The van der Waals surface area contributed by atoms with E-state index in [-0.39, 0.29) is 25.2 Å². The largest absolute Gasteiger partial charge is 0.456 e. The van der Waals surface area contributed by atoms with Crippen molar-refractivity contribution >= 4 is 34.7 Å². The van der Waals surface area contributed by atoms with Gasteiger partial charge in [-0.05, 0) is 87.1 Å². The topological polar surface area (TPSA) is 109 Å². The number of hydrogen-bond acceptors (Lipinski definition) is 7. The van der Waals surface area contributed by atoms with Gasteiger partial charge in [0.15, 0.2) is 0 Å². The van der Waals surface area contributed by atoms with E-state index in [1.54, 1.807) is 11.9 Å². The van der Waals surface area contributed by atoms with Crippen LogP contribution in [-0.4, -0.2) is 53.8 Å². The van der Waals surface area contributed by atoms with Gasteiger partial charge in [-0.15, -0.1) is 5.06 Å². The first-order valence-electron chi connectivity index (χ1n) is 15.5. The predicted octanol–water partition coefficient (Wildman–Crippen LogP) is 6.29. The molecule has 45 heavy (non-hydrogen) atoms. The molecule has 9 nitrogen and oxygen atoms in total. The number of amides is 3. The monoisotopic (exact) mass is 609 g/mol. The van der Waals surface area contributed by atoms with Gasteiger partial charge >= 0.3 is 5.97 Å². The van der Waals surface area contributed by atoms with Crippen molar-refractivity contribution in [3.8, 4) is 22.5 Å². The molecule has 2 aromatic carbocycles. The minimum Gasteiger partial charge on any atom is -0.456 e. The molecule has 2 aromatic rings. The molecule has 2 aliphatic heterocycles. The van der Waals surface area contributed by atoms with Crippen LogP contribution in [0.3, 0.4) is 0 Å². The van der Waals surface area contributed by atoms with E-state index in [1.165, 1.54) is 0 Å². The molecule has 9 heteroatoms. The molecular formula is C36H39N3O6. The molecule has 0 spiro atoms. The van der Waals surface area contributed by atoms with E-state index in [9.17, 15) is 19.2 Å². The lowest BCUT2D eigenvalue weighted by Gasteiger charge is -2.22. The Kier molecular flexibility index (Phi) is 9.46. The number of aryl methyl sites for hydroxylation is 3. The summed E-state index contributed by atoms with van der Waals surface area (Å²) < 4.78 is 6.45. The minimum atomic E-state index is -0.609. The van der Waals surface area contributed by atoms with Crippen molar-refractivity contribution in [2.24, 2.45) is 4.99 Å². The van der Waals surface area contributed by atoms with Crippen LogP contribution in [0, 0.1) is 20.8 Å². The molecule has 1 aliphatic carbocycles. The second-order valence-corrected chi connectivity index (χ2v) is 11.6. The highest BCUT2D eigenvalue weighted by Gasteiger charge is 2.32. The van der Waals surface area contributed by atoms with Crippen LogP contribution in [-0.2, 0) is 19.2 Å². The van der Waals surface area contributed by atoms with Crippen molar-refractivity contribution in [3.63, 3.8) is 0 Å². The number of rotatable bonds is 10. The third-order valence-corrected chi connectivity index (χ3v) is 8.33. The average Bonchev–Trinajstić information content (AvgIpc) is 3.33. The maximum Gasteiger partial charge on any atom is 0.333 e. The Labute approximate surface area is 262 Å². The molecule has 234 valence electrons. The summed E-state index contributed by atoms with van der Waals surface area (Å²) in [6, 6.07) is 16.0. The molecular weight excluding hydrogens is 570 g/mol. The molecule has 0 bridgehead atoms. The van der Waals surface area contributed by atoms with Crippen molar-refractivity contribution in [3.05, 3.63) is 76.1 Å². The molecule has 0 atom stereocenters. The lowest BCUT2D eigenvalue weighted by molar-refractivity contribution is -0.197. The summed E-state index contributed by atoms with van der Waals surface area (Å²) in [6.45, 7) is 9.35. The number of unbranched alkanes of at least 4 members (excludes halogenated alkanes) is 2. The Morgan fingerprint density at radius 3 is 2.36 bits per heavy atom. The van der Waals surface area contributed by atoms with Crippen molar-refractivity contribution in [1.29, 1.82) is 0 Å². The number of benzene rings is 3. The lowest BCUT2D eigenvalue weighted by atomic mass is 9.88. The zero-order valence-corrected chi connectivity index (χ0v) is 26.6. The summed E-state index contributed by atoms with van der Waals surface area (Å²) in [5.74, 6) is -0.974. The SMILES string of the molecule is CCN=c1cc2oc3cc(C)c(C)cc3c(-c3ccccc3C(=O)N(C)CCCCCC(=O)ON3C(=O)CCC3=O)c-2cc1C. The number of carbonyl (C=O) groups excluding carboxylic acids is 4. The van der Waals surface area contributed by atoms with Gasteiger partial charge in [0.25, 0.3) is 17.7 Å². The molecule has 2 heterocycles. The fourth-order valence-electron chi connectivity index (χ4n) is 5.72. The van der Waals surface area contributed by atoms with E-state index in [1.807, 2.05) is 44.2 Å². The fraction of sp³-hybridized carbons (Fsp3) is 0.361. The van der Waals surface area contributed by atoms with Gasteiger partial charge < -0.3 is 14.2 Å². The average molecular weight is 610 g/mol. The van der Waals surface area contributed by atoms with Crippen molar-refractivity contribution in [2.45, 2.75) is 66.2 Å². The maximum absolute atomic E-state index is 13.9. The summed E-state index contributed by atoms with van der Waals surface area (Å²) in [4.78, 5) is 60.6. The molecule has 5 rings (SSSR count). The van der Waals surface area contributed by atoms with Crippen LogP contribution in [0.15, 0.2) is 57.9 Å². The second kappa shape index (κ2) is 13.5. The van der Waals surface area contributed by atoms with Crippen LogP contribution in [0.2, 0.25) is 0 Å². The fourth-order valence-corrected chi connectivity index (χ4v) is 5.72. The molecule has 0 aromatic heterocycles. The first-order chi connectivity index (χ1) is 21.6. The highest BCUT2D eigenvalue weighted by molar-refractivity contribution is 6.09. The van der Waals surface area contributed by atoms with E-state index in [0.29, 0.717) is 48.7 Å². The zero-order chi connectivity index (χ0) is 32.2. The molecule has 0 radical (unpaired) electrons. The Bertz CT molecular complexity index is 1820. The van der Waals surface area contributed by atoms with Gasteiger partial charge in [-0.25, -0.2) is 4.79 Å². The highest BCUT2D eigenvalue weighted by atomic mass is 16.7. The molecule has 3 aliphatic rings. The number of carbonyl (C=O) groups is 4. The Morgan fingerprint density at radius 1 is 0.911 bits per heavy atom. The lowest BCUT2D eigenvalue weighted by Crippen LogP contribution is -2.32. The molecule has 1 fully saturated rings. The van der Waals surface area contributed by atoms with Crippen molar-refractivity contribution in [2.75, 3.05) is 20.1 Å². The molecule has 1 saturated heterocycles. The van der Waals surface area contributed by atoms with Crippen LogP contribution >= 0.6 is 0 Å². The summed E-state index contributed by atoms with van der Waals surface area (Å²) in [7, 11) is 1.78. The van der Waals surface area contributed by atoms with E-state index in [0.717, 1.165) is 49.7 Å². The van der Waals surface area contributed by atoms with E-state index in [2.05, 4.69) is 37.0 Å². The van der Waals surface area contributed by atoms with E-state index in [4.69, 9.17) is 9.25 Å². The summed E-state index contributed by atoms with van der Waals surface area (Å²) in [5.41, 5.74) is 7.34. The van der Waals surface area contributed by atoms with Gasteiger partial charge in [0.1, 0.15) is 11.3 Å². The van der Waals surface area contributed by atoms with E-state index >= 15 is 0 Å². The van der Waals surface area contributed by atoms with Gasteiger partial charge in [0.2, 0.25) is 0 Å². The zero-order valence-electron chi connectivity index (χ0n) is 26.6. The van der Waals surface area contributed by atoms with Crippen molar-refractivity contribution in [1.82, 2.24) is 9.96 Å². The van der Waals surface area contributed by atoms with Gasteiger partial charge in [0.05, 0.1) is 5.36 Å². The standard InChI is InChI=1S/C36H39N3O6/c1-6-37-29-21-31-28(19-24(29)4)35(27-18-22(2)23(3)20-30(27)44-31)25-12-9-10-13-26(25)36(43)38(5)17-11-7-8-14-34(42)45-39-32(40)15-16-33(39)41/h9-10,12-13,18-21H,6-8,11,14-17H2,1-5H3. The van der Waals surface area contributed by atoms with Gasteiger partial charge in [-0.3, -0.25) is 19.4 Å². The number of fused-ring (bicyclic) bond motifs is 2. The van der Waals surface area contributed by atoms with Crippen LogP contribution in [0.4, 0.5) is 0 Å². The van der Waals surface area contributed by atoms with Crippen LogP contribution in [0.5, 0.6) is 0 Å². The smallest absolute Gasteiger partial charge is 0.333 e. The van der Waals surface area contributed by atoms with Gasteiger partial charge in [-0.2, -0.15) is 0 Å². The van der Waals surface area contributed by atoms with Gasteiger partial charge in [-0.1, -0.05) is 24.6 Å². The molecule has 0 unspecified atom stereocenters. The minimum absolute atomic E-state index is 0.0662. The summed E-state index contributed by atoms with van der Waals surface area (Å²) >= 11 is 0. The molecule has 0 saturated carbocycles. The summed E-state index contributed by atoms with van der Waals surface area (Å²) in [5, 5.41) is 2.40. The summed E-state index contributed by atoms with van der Waals surface area (Å²) in [6.07, 6.45) is 2.09. The van der Waals surface area contributed by atoms with Crippen LogP contribution < -0.4 is 5.36 Å². The Hall–Kier alpha value is -4.79. The van der Waals surface area contributed by atoms with E-state index < -0.39 is 17.8 Å². The second-order valence-electron chi connectivity index (χ2n) is 11.6. The highest BCUT2D eigenvalue weighted by Crippen LogP contribution is 2.42. The van der Waals surface area contributed by atoms with Crippen molar-refractivity contribution < 1.29 is 28.4 Å². The third kappa shape index (κ3) is 6.67. The number of hydrogen-bond donors (Lipinski definition) is 0. The van der Waals surface area contributed by atoms with Gasteiger partial charge in [0, 0.05) is 67.5 Å². The third-order valence-electron chi connectivity index (χ3n) is 8.33. The predicted molar refractivity (Wildman–Crippen MR) is 171 cm³/mol. The number of imide groups is 1. The first kappa shape index (κ1) is 31.6.